The maximum atomic E-state index is 9.97. The third-order valence-electron chi connectivity index (χ3n) is 4.16. The predicted molar refractivity (Wildman–Crippen MR) is 84.9 cm³/mol. The Balaban J connectivity index is 1.46. The Morgan fingerprint density at radius 1 is 1.26 bits per heavy atom. The number of nitrogens with one attached hydrogen (secondary N) is 1. The van der Waals surface area contributed by atoms with Gasteiger partial charge in [-0.3, -0.25) is 0 Å². The van der Waals surface area contributed by atoms with E-state index >= 15 is 0 Å². The highest BCUT2D eigenvalue weighted by Gasteiger charge is 2.21. The van der Waals surface area contributed by atoms with Gasteiger partial charge in [-0.2, -0.15) is 4.98 Å². The van der Waals surface area contributed by atoms with Crippen molar-refractivity contribution in [3.05, 3.63) is 41.5 Å². The van der Waals surface area contributed by atoms with Crippen LogP contribution in [0.1, 0.15) is 43.0 Å². The standard InChI is InChI=1S/C17H23N3O3/c1-12-19-17(20-23-12)11-22-14-8-6-13(7-9-14)10-18-15-4-2-3-5-16(15)21/h6-9,15-16,18,21H,2-5,10-11H2,1H3. The summed E-state index contributed by atoms with van der Waals surface area (Å²) in [5.74, 6) is 1.85. The summed E-state index contributed by atoms with van der Waals surface area (Å²) in [6.07, 6.45) is 4.05. The SMILES string of the molecule is Cc1nc(COc2ccc(CNC3CCCCC3O)cc2)no1. The number of aliphatic hydroxyl groups is 1. The number of benzene rings is 1. The Morgan fingerprint density at radius 3 is 2.74 bits per heavy atom. The Labute approximate surface area is 135 Å². The van der Waals surface area contributed by atoms with Crippen LogP contribution in [0.25, 0.3) is 0 Å². The van der Waals surface area contributed by atoms with E-state index in [4.69, 9.17) is 9.26 Å². The molecule has 1 fully saturated rings. The quantitative estimate of drug-likeness (QED) is 0.851. The van der Waals surface area contributed by atoms with Crippen LogP contribution < -0.4 is 10.1 Å². The van der Waals surface area contributed by atoms with Crippen LogP contribution in [0.5, 0.6) is 5.75 Å². The molecule has 3 rings (SSSR count). The number of hydrogen-bond donors (Lipinski definition) is 2. The average Bonchev–Trinajstić information content (AvgIpc) is 2.99. The van der Waals surface area contributed by atoms with E-state index in [2.05, 4.69) is 15.5 Å². The topological polar surface area (TPSA) is 80.4 Å². The minimum absolute atomic E-state index is 0.209. The number of aryl methyl sites for hydroxylation is 1. The predicted octanol–water partition coefficient (Wildman–Crippen LogP) is 2.35. The normalized spacial score (nSPS) is 21.3. The molecule has 2 aromatic rings. The Hall–Kier alpha value is -1.92. The van der Waals surface area contributed by atoms with E-state index in [1.54, 1.807) is 6.92 Å². The van der Waals surface area contributed by atoms with Crippen LogP contribution >= 0.6 is 0 Å². The van der Waals surface area contributed by atoms with E-state index < -0.39 is 0 Å². The van der Waals surface area contributed by atoms with Crippen molar-refractivity contribution in [3.8, 4) is 5.75 Å². The summed E-state index contributed by atoms with van der Waals surface area (Å²) >= 11 is 0. The van der Waals surface area contributed by atoms with E-state index in [1.807, 2.05) is 24.3 Å². The number of ether oxygens (including phenoxy) is 1. The summed E-state index contributed by atoms with van der Waals surface area (Å²) in [4.78, 5) is 4.10. The van der Waals surface area contributed by atoms with E-state index in [9.17, 15) is 5.11 Å². The molecular formula is C17H23N3O3. The molecule has 1 aromatic carbocycles. The summed E-state index contributed by atoms with van der Waals surface area (Å²) in [5.41, 5.74) is 1.17. The molecule has 0 amide bonds. The van der Waals surface area contributed by atoms with Crippen molar-refractivity contribution in [1.29, 1.82) is 0 Å². The molecule has 6 nitrogen and oxygen atoms in total. The third kappa shape index (κ3) is 4.53. The first-order valence-corrected chi connectivity index (χ1v) is 8.13. The second kappa shape index (κ2) is 7.57. The van der Waals surface area contributed by atoms with Gasteiger partial charge in [0.1, 0.15) is 5.75 Å². The lowest BCUT2D eigenvalue weighted by molar-refractivity contribution is 0.0902. The first kappa shape index (κ1) is 16.0. The van der Waals surface area contributed by atoms with Gasteiger partial charge in [-0.25, -0.2) is 0 Å². The van der Waals surface area contributed by atoms with Crippen molar-refractivity contribution in [3.63, 3.8) is 0 Å². The zero-order chi connectivity index (χ0) is 16.1. The van der Waals surface area contributed by atoms with Gasteiger partial charge in [-0.05, 0) is 30.5 Å². The van der Waals surface area contributed by atoms with Crippen LogP contribution in [0.3, 0.4) is 0 Å². The fourth-order valence-corrected chi connectivity index (χ4v) is 2.85. The van der Waals surface area contributed by atoms with Gasteiger partial charge >= 0.3 is 0 Å². The van der Waals surface area contributed by atoms with Crippen molar-refractivity contribution in [1.82, 2.24) is 15.5 Å². The highest BCUT2D eigenvalue weighted by molar-refractivity contribution is 5.27. The van der Waals surface area contributed by atoms with Gasteiger partial charge in [0.25, 0.3) is 0 Å². The monoisotopic (exact) mass is 317 g/mol. The van der Waals surface area contributed by atoms with Crippen molar-refractivity contribution < 1.29 is 14.4 Å². The van der Waals surface area contributed by atoms with Gasteiger partial charge in [0.05, 0.1) is 6.10 Å². The van der Waals surface area contributed by atoms with Crippen LogP contribution in [0.15, 0.2) is 28.8 Å². The highest BCUT2D eigenvalue weighted by atomic mass is 16.5. The molecule has 0 aliphatic heterocycles. The zero-order valence-corrected chi connectivity index (χ0v) is 13.4. The van der Waals surface area contributed by atoms with Crippen molar-refractivity contribution in [2.45, 2.75) is 57.9 Å². The molecule has 1 aliphatic rings. The fraction of sp³-hybridized carbons (Fsp3) is 0.529. The van der Waals surface area contributed by atoms with Gasteiger partial charge in [-0.15, -0.1) is 0 Å². The Bertz CT molecular complexity index is 612. The second-order valence-electron chi connectivity index (χ2n) is 6.00. The Morgan fingerprint density at radius 2 is 2.04 bits per heavy atom. The molecule has 1 saturated carbocycles. The molecule has 2 N–H and O–H groups in total. The van der Waals surface area contributed by atoms with Crippen LogP contribution in [-0.4, -0.2) is 27.4 Å². The first-order chi connectivity index (χ1) is 11.2. The maximum Gasteiger partial charge on any atom is 0.223 e. The molecule has 0 radical (unpaired) electrons. The lowest BCUT2D eigenvalue weighted by Crippen LogP contribution is -2.41. The van der Waals surface area contributed by atoms with Gasteiger partial charge in [0.2, 0.25) is 11.7 Å². The Kier molecular flexibility index (Phi) is 5.25. The molecule has 0 bridgehead atoms. The summed E-state index contributed by atoms with van der Waals surface area (Å²) in [5, 5.41) is 17.2. The van der Waals surface area contributed by atoms with Crippen molar-refractivity contribution in [2.24, 2.45) is 0 Å². The smallest absolute Gasteiger partial charge is 0.223 e. The third-order valence-corrected chi connectivity index (χ3v) is 4.16. The first-order valence-electron chi connectivity index (χ1n) is 8.13. The van der Waals surface area contributed by atoms with Crippen molar-refractivity contribution >= 4 is 0 Å². The molecule has 1 aromatic heterocycles. The maximum absolute atomic E-state index is 9.97. The molecular weight excluding hydrogens is 294 g/mol. The zero-order valence-electron chi connectivity index (χ0n) is 13.4. The van der Waals surface area contributed by atoms with Gasteiger partial charge in [0.15, 0.2) is 6.61 Å². The fourth-order valence-electron chi connectivity index (χ4n) is 2.85. The van der Waals surface area contributed by atoms with Crippen LogP contribution in [0.2, 0.25) is 0 Å². The largest absolute Gasteiger partial charge is 0.485 e. The summed E-state index contributed by atoms with van der Waals surface area (Å²) in [6.45, 7) is 2.80. The van der Waals surface area contributed by atoms with Crippen LogP contribution in [-0.2, 0) is 13.2 Å². The number of hydrogen-bond acceptors (Lipinski definition) is 6. The number of rotatable bonds is 6. The molecule has 0 spiro atoms. The molecule has 2 unspecified atom stereocenters. The molecule has 23 heavy (non-hydrogen) atoms. The second-order valence-corrected chi connectivity index (χ2v) is 6.00. The van der Waals surface area contributed by atoms with Crippen LogP contribution in [0.4, 0.5) is 0 Å². The van der Waals surface area contributed by atoms with Gasteiger partial charge < -0.3 is 19.7 Å². The molecule has 0 saturated heterocycles. The van der Waals surface area contributed by atoms with Crippen LogP contribution in [0, 0.1) is 6.92 Å². The number of nitrogens with zero attached hydrogens (tertiary/aromatic N) is 2. The molecule has 1 aliphatic carbocycles. The average molecular weight is 317 g/mol. The van der Waals surface area contributed by atoms with Gasteiger partial charge in [-0.1, -0.05) is 30.1 Å². The van der Waals surface area contributed by atoms with E-state index in [0.29, 0.717) is 18.3 Å². The van der Waals surface area contributed by atoms with Gasteiger partial charge in [0, 0.05) is 19.5 Å². The molecule has 6 heteroatoms. The summed E-state index contributed by atoms with van der Waals surface area (Å²) < 4.78 is 10.5. The van der Waals surface area contributed by atoms with E-state index in [0.717, 1.165) is 31.6 Å². The van der Waals surface area contributed by atoms with E-state index in [1.165, 1.54) is 12.0 Å². The van der Waals surface area contributed by atoms with Crippen molar-refractivity contribution in [2.75, 3.05) is 0 Å². The highest BCUT2D eigenvalue weighted by Crippen LogP contribution is 2.19. The lowest BCUT2D eigenvalue weighted by Gasteiger charge is -2.28. The molecule has 2 atom stereocenters. The van der Waals surface area contributed by atoms with E-state index in [-0.39, 0.29) is 12.1 Å². The number of aliphatic hydroxyl groups excluding tert-OH is 1. The molecule has 1 heterocycles. The minimum Gasteiger partial charge on any atom is -0.485 e. The number of aromatic nitrogens is 2. The summed E-state index contributed by atoms with van der Waals surface area (Å²) in [6, 6.07) is 8.13. The minimum atomic E-state index is -0.218. The molecule has 124 valence electrons. The summed E-state index contributed by atoms with van der Waals surface area (Å²) in [7, 11) is 0. The lowest BCUT2D eigenvalue weighted by atomic mass is 9.92.